The molecule has 0 bridgehead atoms. The normalized spacial score (nSPS) is 13.2. The van der Waals surface area contributed by atoms with Gasteiger partial charge in [-0.3, -0.25) is 0 Å². The second-order valence-electron chi connectivity index (χ2n) is 35.9. The third-order valence-corrected chi connectivity index (χ3v) is 27.6. The molecule has 0 saturated heterocycles. The Morgan fingerprint density at radius 2 is 0.641 bits per heavy atom. The highest BCUT2D eigenvalue weighted by atomic mass is 15.1. The van der Waals surface area contributed by atoms with Crippen molar-refractivity contribution in [2.24, 2.45) is 0 Å². The molecule has 3 heteroatoms. The number of rotatable bonds is 45. The van der Waals surface area contributed by atoms with E-state index in [1.165, 1.54) is 340 Å². The summed E-state index contributed by atoms with van der Waals surface area (Å²) in [7, 11) is 0. The Kier molecular flexibility index (Phi) is 28.1. The molecule has 0 spiro atoms. The standard InChI is InChI=1S/C114H137N3/c1-9-15-21-27-31-44-76-113(77-45-32-28-22-16-10-2)102-80-85(8)58-70-95(102)97-73-75-107-110(112(97)113)100-53-41-43-55-105(100)117(107)108-83-88(50-36-25-19-13-5)101(81-90(108)51-37-26-20-14-6)89-61-71-96-98-72-74-106-109(111(98)114(103(96)82-89,78-46-33-29-23-17-11-3)79-47-34-30-24-18-12-4)99-52-40-42-54-104(99)116(106)94-68-66-93(67-69-94)115(91-62-56-84(7)57-63-91)92-64-59-87(60-65-92)86-48-38-35-39-49-86/h35,38-43,48-49,52-75,80-83H,9-34,36-37,44-47,50-51,76-79H2,1-8H3. The first-order valence-electron chi connectivity index (χ1n) is 47.4. The van der Waals surface area contributed by atoms with Crippen LogP contribution in [0, 0.1) is 13.8 Å². The quantitative estimate of drug-likeness (QED) is 0.0347. The molecule has 15 rings (SSSR count). The molecular weight excluding hydrogens is 1410 g/mol. The van der Waals surface area contributed by atoms with E-state index in [9.17, 15) is 0 Å². The van der Waals surface area contributed by atoms with Gasteiger partial charge in [0, 0.05) is 60.8 Å². The molecule has 13 aromatic rings. The van der Waals surface area contributed by atoms with Crippen molar-refractivity contribution in [3.05, 3.63) is 269 Å². The highest BCUT2D eigenvalue weighted by Gasteiger charge is 2.47. The largest absolute Gasteiger partial charge is 0.311 e. The van der Waals surface area contributed by atoms with Crippen molar-refractivity contribution in [2.75, 3.05) is 4.90 Å². The van der Waals surface area contributed by atoms with E-state index in [2.05, 4.69) is 294 Å². The van der Waals surface area contributed by atoms with Gasteiger partial charge in [0.25, 0.3) is 0 Å². The summed E-state index contributed by atoms with van der Waals surface area (Å²) in [5.41, 5.74) is 34.5. The van der Waals surface area contributed by atoms with Gasteiger partial charge in [-0.1, -0.05) is 379 Å². The summed E-state index contributed by atoms with van der Waals surface area (Å²) in [6.45, 7) is 18.8. The predicted octanol–water partition coefficient (Wildman–Crippen LogP) is 35.1. The van der Waals surface area contributed by atoms with Crippen LogP contribution in [0.1, 0.15) is 317 Å². The molecule has 0 aliphatic heterocycles. The summed E-state index contributed by atoms with van der Waals surface area (Å²) in [6, 6.07) is 89.1. The first-order chi connectivity index (χ1) is 57.7. The number of unbranched alkanes of at least 4 members (excludes halogenated alkanes) is 26. The van der Waals surface area contributed by atoms with Crippen molar-refractivity contribution in [3.8, 4) is 55.9 Å². The van der Waals surface area contributed by atoms with E-state index in [0.29, 0.717) is 0 Å². The maximum Gasteiger partial charge on any atom is 0.0544 e. The SMILES string of the molecule is CCCCCCCCC1(CCCCCCCC)c2cc(-c3cc(CCCCCC)c(-n4c5ccccc5c5c6c(ccc54)-c4ccc(C)cc4C6(CCCCCCCC)CCCCCCCC)cc3CCCCCC)ccc2-c2ccc3c(c21)c1ccccc1n3-c1ccc(N(c2ccc(C)cc2)c2ccc(-c3ccccc3)cc2)cc1. The van der Waals surface area contributed by atoms with E-state index < -0.39 is 0 Å². The first kappa shape index (κ1) is 82.9. The molecule has 3 nitrogen and oxygen atoms in total. The lowest BCUT2D eigenvalue weighted by Crippen LogP contribution is -2.26. The van der Waals surface area contributed by atoms with Crippen LogP contribution in [0.3, 0.4) is 0 Å². The minimum atomic E-state index is -0.190. The molecular formula is C114H137N3. The number of nitrogens with zero attached hydrogens (tertiary/aromatic N) is 3. The Morgan fingerprint density at radius 3 is 1.15 bits per heavy atom. The van der Waals surface area contributed by atoms with E-state index in [4.69, 9.17) is 0 Å². The fourth-order valence-electron chi connectivity index (χ4n) is 21.5. The Hall–Kier alpha value is -9.18. The molecule has 117 heavy (non-hydrogen) atoms. The average Bonchev–Trinajstić information content (AvgIpc) is 1.53. The van der Waals surface area contributed by atoms with Crippen molar-refractivity contribution in [3.63, 3.8) is 0 Å². The van der Waals surface area contributed by atoms with Crippen LogP contribution in [0.25, 0.3) is 99.5 Å². The van der Waals surface area contributed by atoms with Gasteiger partial charge in [-0.2, -0.15) is 0 Å². The number of hydrogen-bond donors (Lipinski definition) is 0. The molecule has 2 aliphatic carbocycles. The Labute approximate surface area is 705 Å². The Balaban J connectivity index is 0.899. The van der Waals surface area contributed by atoms with E-state index in [0.717, 1.165) is 42.7 Å². The minimum Gasteiger partial charge on any atom is -0.311 e. The van der Waals surface area contributed by atoms with Gasteiger partial charge in [0.15, 0.2) is 0 Å². The lowest BCUT2D eigenvalue weighted by Gasteiger charge is -2.34. The van der Waals surface area contributed by atoms with Crippen LogP contribution >= 0.6 is 0 Å². The Morgan fingerprint density at radius 1 is 0.265 bits per heavy atom. The zero-order chi connectivity index (χ0) is 80.5. The Bertz CT molecular complexity index is 5370. The smallest absolute Gasteiger partial charge is 0.0544 e. The van der Waals surface area contributed by atoms with Gasteiger partial charge < -0.3 is 14.0 Å². The van der Waals surface area contributed by atoms with Gasteiger partial charge in [0.05, 0.1) is 22.1 Å². The molecule has 2 heterocycles. The molecule has 0 unspecified atom stereocenters. The molecule has 2 aliphatic rings. The van der Waals surface area contributed by atoms with Gasteiger partial charge in [0.2, 0.25) is 0 Å². The van der Waals surface area contributed by atoms with Crippen molar-refractivity contribution >= 4 is 60.7 Å². The van der Waals surface area contributed by atoms with E-state index in [1.54, 1.807) is 22.3 Å². The van der Waals surface area contributed by atoms with E-state index in [1.807, 2.05) is 0 Å². The van der Waals surface area contributed by atoms with Gasteiger partial charge >= 0.3 is 0 Å². The topological polar surface area (TPSA) is 13.1 Å². The van der Waals surface area contributed by atoms with Gasteiger partial charge in [-0.05, 0) is 234 Å². The van der Waals surface area contributed by atoms with Crippen LogP contribution in [0.2, 0.25) is 0 Å². The summed E-state index contributed by atoms with van der Waals surface area (Å²) >= 11 is 0. The molecule has 608 valence electrons. The molecule has 0 atom stereocenters. The lowest BCUT2D eigenvalue weighted by molar-refractivity contribution is 0.400. The fraction of sp³-hybridized carbons (Fsp3) is 0.421. The fourth-order valence-corrected chi connectivity index (χ4v) is 21.5. The van der Waals surface area contributed by atoms with Crippen molar-refractivity contribution in [1.29, 1.82) is 0 Å². The third kappa shape index (κ3) is 17.5. The molecule has 0 N–H and O–H groups in total. The maximum atomic E-state index is 2.82. The molecule has 2 aromatic heterocycles. The van der Waals surface area contributed by atoms with Crippen LogP contribution in [0.15, 0.2) is 224 Å². The monoisotopic (exact) mass is 1550 g/mol. The van der Waals surface area contributed by atoms with Crippen LogP contribution < -0.4 is 4.90 Å². The van der Waals surface area contributed by atoms with Crippen LogP contribution in [0.4, 0.5) is 17.1 Å². The third-order valence-electron chi connectivity index (χ3n) is 27.6. The summed E-state index contributed by atoms with van der Waals surface area (Å²) in [6.07, 6.45) is 47.9. The van der Waals surface area contributed by atoms with Gasteiger partial charge in [-0.15, -0.1) is 0 Å². The van der Waals surface area contributed by atoms with Crippen molar-refractivity contribution in [2.45, 2.75) is 310 Å². The summed E-state index contributed by atoms with van der Waals surface area (Å²) in [5, 5.41) is 5.76. The number of aryl methyl sites for hydroxylation is 4. The molecule has 0 saturated carbocycles. The highest BCUT2D eigenvalue weighted by Crippen LogP contribution is 2.61. The van der Waals surface area contributed by atoms with E-state index in [-0.39, 0.29) is 10.8 Å². The number of para-hydroxylation sites is 2. The second kappa shape index (κ2) is 39.6. The summed E-state index contributed by atoms with van der Waals surface area (Å²) in [5.74, 6) is 0. The molecule has 0 amide bonds. The number of benzene rings is 11. The average molecular weight is 1550 g/mol. The second-order valence-corrected chi connectivity index (χ2v) is 35.9. The number of fused-ring (bicyclic) bond motifs is 14. The molecule has 0 radical (unpaired) electrons. The molecule has 0 fully saturated rings. The zero-order valence-corrected chi connectivity index (χ0v) is 73.1. The van der Waals surface area contributed by atoms with Crippen LogP contribution in [0.5, 0.6) is 0 Å². The first-order valence-corrected chi connectivity index (χ1v) is 47.4. The maximum absolute atomic E-state index is 2.82. The predicted molar refractivity (Wildman–Crippen MR) is 510 cm³/mol. The van der Waals surface area contributed by atoms with Gasteiger partial charge in [-0.25, -0.2) is 0 Å². The minimum absolute atomic E-state index is 0.0522. The van der Waals surface area contributed by atoms with Crippen molar-refractivity contribution in [1.82, 2.24) is 9.13 Å². The van der Waals surface area contributed by atoms with Crippen molar-refractivity contribution < 1.29 is 0 Å². The van der Waals surface area contributed by atoms with Crippen LogP contribution in [-0.4, -0.2) is 9.13 Å². The molecule has 11 aromatic carbocycles. The summed E-state index contributed by atoms with van der Waals surface area (Å²) in [4.78, 5) is 2.42. The van der Waals surface area contributed by atoms with Crippen LogP contribution in [-0.2, 0) is 23.7 Å². The number of anilines is 3. The highest BCUT2D eigenvalue weighted by molar-refractivity contribution is 6.16. The lowest BCUT2D eigenvalue weighted by atomic mass is 9.69. The zero-order valence-electron chi connectivity index (χ0n) is 73.1. The number of hydrogen-bond acceptors (Lipinski definition) is 1. The number of aromatic nitrogens is 2. The van der Waals surface area contributed by atoms with E-state index >= 15 is 0 Å². The summed E-state index contributed by atoms with van der Waals surface area (Å²) < 4.78 is 5.44. The van der Waals surface area contributed by atoms with Gasteiger partial charge in [0.1, 0.15) is 0 Å².